The van der Waals surface area contributed by atoms with E-state index in [4.69, 9.17) is 4.74 Å². The highest BCUT2D eigenvalue weighted by Gasteiger charge is 2.31. The maximum absolute atomic E-state index is 12.6. The number of hydrogen-bond acceptors (Lipinski definition) is 6. The number of sulfone groups is 1. The fourth-order valence-electron chi connectivity index (χ4n) is 2.93. The first-order valence-corrected chi connectivity index (χ1v) is 10.5. The molecule has 0 radical (unpaired) electrons. The summed E-state index contributed by atoms with van der Waals surface area (Å²) < 4.78 is 29.1. The molecule has 0 aliphatic carbocycles. The lowest BCUT2D eigenvalue weighted by Gasteiger charge is -2.35. The van der Waals surface area contributed by atoms with E-state index in [0.717, 1.165) is 6.26 Å². The van der Waals surface area contributed by atoms with Gasteiger partial charge >= 0.3 is 0 Å². The van der Waals surface area contributed by atoms with E-state index in [1.807, 2.05) is 12.1 Å². The zero-order chi connectivity index (χ0) is 20.3. The van der Waals surface area contributed by atoms with Crippen molar-refractivity contribution < 1.29 is 22.7 Å². The van der Waals surface area contributed by atoms with Crippen molar-refractivity contribution in [2.75, 3.05) is 36.6 Å². The minimum atomic E-state index is -3.37. The van der Waals surface area contributed by atoms with Crippen LogP contribution in [0.25, 0.3) is 0 Å². The van der Waals surface area contributed by atoms with Crippen LogP contribution in [0.3, 0.4) is 0 Å². The maximum atomic E-state index is 12.6. The minimum absolute atomic E-state index is 0.0169. The third-order valence-corrected chi connectivity index (χ3v) is 5.39. The summed E-state index contributed by atoms with van der Waals surface area (Å²) in [5.74, 6) is -0.0898. The van der Waals surface area contributed by atoms with Crippen LogP contribution in [0.2, 0.25) is 0 Å². The van der Waals surface area contributed by atoms with Crippen molar-refractivity contribution in [3.63, 3.8) is 0 Å². The Morgan fingerprint density at radius 1 is 1.18 bits per heavy atom. The van der Waals surface area contributed by atoms with E-state index >= 15 is 0 Å². The molecule has 0 saturated carbocycles. The summed E-state index contributed by atoms with van der Waals surface area (Å²) in [5, 5.41) is 5.26. The lowest BCUT2D eigenvalue weighted by Crippen LogP contribution is -2.50. The van der Waals surface area contributed by atoms with Gasteiger partial charge in [-0.1, -0.05) is 18.2 Å². The molecule has 0 spiro atoms. The first-order valence-electron chi connectivity index (χ1n) is 8.60. The number of rotatable bonds is 5. The number of likely N-dealkylation sites (N-methyl/N-ethyl adjacent to an activating group) is 1. The molecule has 0 bridgehead atoms. The van der Waals surface area contributed by atoms with Crippen molar-refractivity contribution >= 4 is 33.0 Å². The van der Waals surface area contributed by atoms with Crippen molar-refractivity contribution in [3.05, 3.63) is 48.5 Å². The number of benzene rings is 2. The second-order valence-electron chi connectivity index (χ2n) is 6.42. The zero-order valence-electron chi connectivity index (χ0n) is 15.5. The highest BCUT2D eigenvalue weighted by Crippen LogP contribution is 2.33. The molecular formula is C19H21N3O5S. The van der Waals surface area contributed by atoms with E-state index in [2.05, 4.69) is 10.6 Å². The van der Waals surface area contributed by atoms with E-state index in [0.29, 0.717) is 17.1 Å². The molecule has 0 aromatic heterocycles. The molecule has 9 heteroatoms. The molecule has 2 amide bonds. The summed E-state index contributed by atoms with van der Waals surface area (Å²) in [6.45, 7) is 0.199. The Balaban J connectivity index is 1.77. The Bertz CT molecular complexity index is 1010. The molecule has 0 unspecified atom stereocenters. The van der Waals surface area contributed by atoms with Gasteiger partial charge in [-0.25, -0.2) is 8.42 Å². The Morgan fingerprint density at radius 3 is 2.64 bits per heavy atom. The molecule has 1 atom stereocenters. The third kappa shape index (κ3) is 4.42. The molecule has 0 fully saturated rings. The average molecular weight is 403 g/mol. The van der Waals surface area contributed by atoms with Crippen molar-refractivity contribution in [1.29, 1.82) is 0 Å². The van der Waals surface area contributed by atoms with Crippen LogP contribution in [0.1, 0.15) is 0 Å². The Morgan fingerprint density at radius 2 is 1.93 bits per heavy atom. The Hall–Kier alpha value is -3.07. The van der Waals surface area contributed by atoms with Crippen LogP contribution in [0.4, 0.5) is 11.4 Å². The Kier molecular flexibility index (Phi) is 5.55. The first-order chi connectivity index (χ1) is 13.3. The van der Waals surface area contributed by atoms with Gasteiger partial charge in [0.05, 0.1) is 23.7 Å². The van der Waals surface area contributed by atoms with Crippen LogP contribution in [-0.2, 0) is 19.4 Å². The van der Waals surface area contributed by atoms with Gasteiger partial charge in [0.25, 0.3) is 5.91 Å². The summed E-state index contributed by atoms with van der Waals surface area (Å²) in [6.07, 6.45) is 0.374. The Labute approximate surface area is 163 Å². The number of anilines is 2. The predicted molar refractivity (Wildman–Crippen MR) is 105 cm³/mol. The highest BCUT2D eigenvalue weighted by molar-refractivity contribution is 7.90. The lowest BCUT2D eigenvalue weighted by molar-refractivity contribution is -0.127. The molecule has 1 aliphatic rings. The first kappa shape index (κ1) is 19.7. The standard InChI is InChI=1S/C19H21N3O5S/c1-20-19(24)17-11-22(15-8-3-4-9-16(15)27-17)12-18(23)21-13-6-5-7-14(10-13)28(2,25)26/h3-10,17H,11-12H2,1-2H3,(H,20,24)(H,21,23)/t17-/m0/s1. The van der Waals surface area contributed by atoms with Crippen molar-refractivity contribution in [1.82, 2.24) is 5.32 Å². The summed E-state index contributed by atoms with van der Waals surface area (Å²) in [5.41, 5.74) is 1.10. The minimum Gasteiger partial charge on any atom is -0.477 e. The number of carbonyl (C=O) groups excluding carboxylic acids is 2. The van der Waals surface area contributed by atoms with E-state index in [9.17, 15) is 18.0 Å². The van der Waals surface area contributed by atoms with E-state index < -0.39 is 15.9 Å². The SMILES string of the molecule is CNC(=O)[C@@H]1CN(CC(=O)Nc2cccc(S(C)(=O)=O)c2)c2ccccc2O1. The van der Waals surface area contributed by atoms with Crippen LogP contribution in [0, 0.1) is 0 Å². The molecule has 8 nitrogen and oxygen atoms in total. The number of fused-ring (bicyclic) bond motifs is 1. The molecule has 2 N–H and O–H groups in total. The second kappa shape index (κ2) is 7.89. The molecule has 148 valence electrons. The number of carbonyl (C=O) groups is 2. The average Bonchev–Trinajstić information content (AvgIpc) is 2.66. The number of nitrogens with zero attached hydrogens (tertiary/aromatic N) is 1. The van der Waals surface area contributed by atoms with Crippen LogP contribution in [0.15, 0.2) is 53.4 Å². The van der Waals surface area contributed by atoms with Gasteiger partial charge in [-0.15, -0.1) is 0 Å². The number of amides is 2. The molecule has 2 aromatic carbocycles. The van der Waals surface area contributed by atoms with Gasteiger partial charge in [0.2, 0.25) is 5.91 Å². The number of hydrogen-bond donors (Lipinski definition) is 2. The van der Waals surface area contributed by atoms with Crippen LogP contribution >= 0.6 is 0 Å². The topological polar surface area (TPSA) is 105 Å². The monoisotopic (exact) mass is 403 g/mol. The summed E-state index contributed by atoms with van der Waals surface area (Å²) in [6, 6.07) is 13.2. The predicted octanol–water partition coefficient (Wildman–Crippen LogP) is 1.04. The molecular weight excluding hydrogens is 382 g/mol. The largest absolute Gasteiger partial charge is 0.477 e. The van der Waals surface area contributed by atoms with E-state index in [-0.39, 0.29) is 29.8 Å². The quantitative estimate of drug-likeness (QED) is 0.773. The molecule has 0 saturated heterocycles. The van der Waals surface area contributed by atoms with Gasteiger partial charge in [0.1, 0.15) is 5.75 Å². The number of nitrogens with one attached hydrogen (secondary N) is 2. The fraction of sp³-hybridized carbons (Fsp3) is 0.263. The zero-order valence-corrected chi connectivity index (χ0v) is 16.3. The molecule has 28 heavy (non-hydrogen) atoms. The van der Waals surface area contributed by atoms with Gasteiger partial charge in [0.15, 0.2) is 15.9 Å². The van der Waals surface area contributed by atoms with Crippen LogP contribution < -0.4 is 20.3 Å². The van der Waals surface area contributed by atoms with Crippen molar-refractivity contribution in [2.45, 2.75) is 11.0 Å². The van der Waals surface area contributed by atoms with E-state index in [1.54, 1.807) is 29.2 Å². The van der Waals surface area contributed by atoms with Crippen molar-refractivity contribution in [3.8, 4) is 5.75 Å². The lowest BCUT2D eigenvalue weighted by atomic mass is 10.1. The summed E-state index contributed by atoms with van der Waals surface area (Å²) >= 11 is 0. The molecule has 1 heterocycles. The maximum Gasteiger partial charge on any atom is 0.262 e. The second-order valence-corrected chi connectivity index (χ2v) is 8.43. The van der Waals surface area contributed by atoms with Gasteiger partial charge in [-0.3, -0.25) is 9.59 Å². The van der Waals surface area contributed by atoms with Crippen LogP contribution in [-0.4, -0.2) is 52.7 Å². The molecule has 3 rings (SSSR count). The normalized spacial score (nSPS) is 15.9. The van der Waals surface area contributed by atoms with Gasteiger partial charge in [-0.05, 0) is 30.3 Å². The molecule has 1 aliphatic heterocycles. The number of ether oxygens (including phenoxy) is 1. The highest BCUT2D eigenvalue weighted by atomic mass is 32.2. The van der Waals surface area contributed by atoms with Gasteiger partial charge in [0, 0.05) is 19.0 Å². The smallest absolute Gasteiger partial charge is 0.262 e. The van der Waals surface area contributed by atoms with E-state index in [1.165, 1.54) is 19.2 Å². The third-order valence-electron chi connectivity index (χ3n) is 4.28. The summed E-state index contributed by atoms with van der Waals surface area (Å²) in [7, 11) is -1.84. The van der Waals surface area contributed by atoms with Gasteiger partial charge in [-0.2, -0.15) is 0 Å². The molecule has 2 aromatic rings. The van der Waals surface area contributed by atoms with Crippen molar-refractivity contribution in [2.24, 2.45) is 0 Å². The van der Waals surface area contributed by atoms with Gasteiger partial charge < -0.3 is 20.3 Å². The van der Waals surface area contributed by atoms with Crippen LogP contribution in [0.5, 0.6) is 5.75 Å². The fourth-order valence-corrected chi connectivity index (χ4v) is 3.60. The summed E-state index contributed by atoms with van der Waals surface area (Å²) in [4.78, 5) is 26.4. The number of para-hydroxylation sites is 2.